The van der Waals surface area contributed by atoms with Gasteiger partial charge in [-0.3, -0.25) is 10.3 Å². The number of aliphatic hydroxyl groups excluding tert-OH is 1. The molecule has 2 heterocycles. The summed E-state index contributed by atoms with van der Waals surface area (Å²) in [6.45, 7) is 6.11. The summed E-state index contributed by atoms with van der Waals surface area (Å²) in [6, 6.07) is 7.03. The van der Waals surface area contributed by atoms with Crippen molar-refractivity contribution in [3.05, 3.63) is 41.9 Å². The molecular weight excluding hydrogens is 294 g/mol. The summed E-state index contributed by atoms with van der Waals surface area (Å²) in [4.78, 5) is 16.4. The smallest absolute Gasteiger partial charge is 0.320 e. The first-order valence-corrected chi connectivity index (χ1v) is 7.62. The first-order chi connectivity index (χ1) is 11.0. The van der Waals surface area contributed by atoms with Gasteiger partial charge in [-0.2, -0.15) is 5.10 Å². The summed E-state index contributed by atoms with van der Waals surface area (Å²) in [5, 5.41) is 19.1. The average molecular weight is 317 g/mol. The van der Waals surface area contributed by atoms with Crippen LogP contribution in [0, 0.1) is 12.8 Å². The maximum Gasteiger partial charge on any atom is 0.320 e. The van der Waals surface area contributed by atoms with E-state index >= 15 is 0 Å². The van der Waals surface area contributed by atoms with E-state index < -0.39 is 0 Å². The molecule has 2 amide bonds. The fourth-order valence-corrected chi connectivity index (χ4v) is 2.07. The van der Waals surface area contributed by atoms with Gasteiger partial charge in [-0.15, -0.1) is 0 Å². The van der Waals surface area contributed by atoms with E-state index in [0.29, 0.717) is 12.4 Å². The Morgan fingerprint density at radius 3 is 2.83 bits per heavy atom. The lowest BCUT2D eigenvalue weighted by Crippen LogP contribution is -2.41. The molecule has 0 aliphatic heterocycles. The number of aromatic nitrogens is 3. The molecule has 23 heavy (non-hydrogen) atoms. The van der Waals surface area contributed by atoms with E-state index in [9.17, 15) is 4.79 Å². The van der Waals surface area contributed by atoms with Crippen LogP contribution in [0.4, 0.5) is 10.6 Å². The van der Waals surface area contributed by atoms with E-state index in [2.05, 4.69) is 20.7 Å². The molecular formula is C16H23N5O2. The Morgan fingerprint density at radius 2 is 2.17 bits per heavy atom. The van der Waals surface area contributed by atoms with Crippen LogP contribution in [-0.2, 0) is 6.54 Å². The Morgan fingerprint density at radius 1 is 1.39 bits per heavy atom. The fraction of sp³-hybridized carbons (Fsp3) is 0.438. The van der Waals surface area contributed by atoms with Gasteiger partial charge in [0.2, 0.25) is 0 Å². The van der Waals surface area contributed by atoms with E-state index in [1.165, 1.54) is 0 Å². The summed E-state index contributed by atoms with van der Waals surface area (Å²) in [7, 11) is 0. The summed E-state index contributed by atoms with van der Waals surface area (Å²) in [5.41, 5.74) is 1.68. The SMILES string of the molecule is Cc1cc(NC(=O)NC(C)C(C)CO)n(Cc2ccccn2)n1. The number of amides is 2. The molecule has 0 radical (unpaired) electrons. The molecule has 0 aromatic carbocycles. The van der Waals surface area contributed by atoms with E-state index in [1.807, 2.05) is 45.0 Å². The summed E-state index contributed by atoms with van der Waals surface area (Å²) in [6.07, 6.45) is 1.73. The summed E-state index contributed by atoms with van der Waals surface area (Å²) in [5.74, 6) is 0.593. The van der Waals surface area contributed by atoms with Gasteiger partial charge in [-0.1, -0.05) is 13.0 Å². The average Bonchev–Trinajstić information content (AvgIpc) is 2.86. The van der Waals surface area contributed by atoms with E-state index in [1.54, 1.807) is 10.9 Å². The zero-order valence-electron chi connectivity index (χ0n) is 13.7. The van der Waals surface area contributed by atoms with Crippen LogP contribution in [0.15, 0.2) is 30.5 Å². The quantitative estimate of drug-likeness (QED) is 0.757. The number of urea groups is 1. The van der Waals surface area contributed by atoms with Gasteiger partial charge in [0.1, 0.15) is 5.82 Å². The lowest BCUT2D eigenvalue weighted by atomic mass is 10.1. The third-order valence-corrected chi connectivity index (χ3v) is 3.68. The predicted octanol–water partition coefficient (Wildman–Crippen LogP) is 1.77. The van der Waals surface area contributed by atoms with Crippen LogP contribution in [0.2, 0.25) is 0 Å². The molecule has 2 atom stereocenters. The van der Waals surface area contributed by atoms with Crippen molar-refractivity contribution in [2.45, 2.75) is 33.4 Å². The number of hydrogen-bond acceptors (Lipinski definition) is 4. The lowest BCUT2D eigenvalue weighted by molar-refractivity contribution is 0.204. The first-order valence-electron chi connectivity index (χ1n) is 7.62. The number of nitrogens with zero attached hydrogens (tertiary/aromatic N) is 3. The minimum absolute atomic E-state index is 0.0130. The summed E-state index contributed by atoms with van der Waals surface area (Å²) < 4.78 is 1.71. The monoisotopic (exact) mass is 317 g/mol. The number of hydrogen-bond donors (Lipinski definition) is 3. The van der Waals surface area contributed by atoms with Crippen LogP contribution >= 0.6 is 0 Å². The number of rotatable bonds is 6. The molecule has 2 unspecified atom stereocenters. The number of nitrogens with one attached hydrogen (secondary N) is 2. The number of carbonyl (C=O) groups excluding carboxylic acids is 1. The van der Waals surface area contributed by atoms with Gasteiger partial charge < -0.3 is 10.4 Å². The third kappa shape index (κ3) is 4.79. The van der Waals surface area contributed by atoms with Crippen LogP contribution in [0.25, 0.3) is 0 Å². The molecule has 124 valence electrons. The Kier molecular flexibility index (Phi) is 5.70. The molecule has 0 aliphatic rings. The topological polar surface area (TPSA) is 92.1 Å². The molecule has 2 aromatic heterocycles. The van der Waals surface area contributed by atoms with Crippen LogP contribution in [-0.4, -0.2) is 38.6 Å². The van der Waals surface area contributed by atoms with Crippen molar-refractivity contribution in [2.75, 3.05) is 11.9 Å². The lowest BCUT2D eigenvalue weighted by Gasteiger charge is -2.19. The minimum Gasteiger partial charge on any atom is -0.396 e. The molecule has 0 fully saturated rings. The van der Waals surface area contributed by atoms with Crippen LogP contribution < -0.4 is 10.6 Å². The Labute approximate surface area is 135 Å². The van der Waals surface area contributed by atoms with Gasteiger partial charge in [-0.25, -0.2) is 9.48 Å². The normalized spacial score (nSPS) is 13.4. The minimum atomic E-state index is -0.319. The molecule has 2 rings (SSSR count). The van der Waals surface area contributed by atoms with E-state index in [0.717, 1.165) is 11.4 Å². The summed E-state index contributed by atoms with van der Waals surface area (Å²) >= 11 is 0. The molecule has 3 N–H and O–H groups in total. The molecule has 2 aromatic rings. The molecule has 0 aliphatic carbocycles. The number of anilines is 1. The predicted molar refractivity (Wildman–Crippen MR) is 88.2 cm³/mol. The van der Waals surface area contributed by atoms with Gasteiger partial charge in [0, 0.05) is 24.9 Å². The molecule has 0 saturated carbocycles. The second-order valence-electron chi connectivity index (χ2n) is 5.70. The number of aliphatic hydroxyl groups is 1. The standard InChI is InChI=1S/C16H23N5O2/c1-11(10-22)13(3)18-16(23)19-15-8-12(2)20-21(15)9-14-6-4-5-7-17-14/h4-8,11,13,22H,9-10H2,1-3H3,(H2,18,19,23). The van der Waals surface area contributed by atoms with Gasteiger partial charge in [0.25, 0.3) is 0 Å². The zero-order chi connectivity index (χ0) is 16.8. The highest BCUT2D eigenvalue weighted by molar-refractivity contribution is 5.88. The van der Waals surface area contributed by atoms with Crippen molar-refractivity contribution in [3.8, 4) is 0 Å². The second kappa shape index (κ2) is 7.73. The third-order valence-electron chi connectivity index (χ3n) is 3.68. The molecule has 0 saturated heterocycles. The van der Waals surface area contributed by atoms with E-state index in [-0.39, 0.29) is 24.6 Å². The molecule has 7 heteroatoms. The Bertz CT molecular complexity index is 641. The maximum absolute atomic E-state index is 12.1. The van der Waals surface area contributed by atoms with Gasteiger partial charge in [0.15, 0.2) is 0 Å². The van der Waals surface area contributed by atoms with Crippen LogP contribution in [0.3, 0.4) is 0 Å². The van der Waals surface area contributed by atoms with Crippen molar-refractivity contribution >= 4 is 11.8 Å². The number of carbonyl (C=O) groups is 1. The molecule has 7 nitrogen and oxygen atoms in total. The highest BCUT2D eigenvalue weighted by Gasteiger charge is 2.15. The molecule has 0 bridgehead atoms. The van der Waals surface area contributed by atoms with Crippen molar-refractivity contribution in [3.63, 3.8) is 0 Å². The van der Waals surface area contributed by atoms with Crippen molar-refractivity contribution < 1.29 is 9.90 Å². The Balaban J connectivity index is 2.04. The Hall–Kier alpha value is -2.41. The first kappa shape index (κ1) is 17.0. The van der Waals surface area contributed by atoms with Crippen LogP contribution in [0.5, 0.6) is 0 Å². The van der Waals surface area contributed by atoms with Crippen LogP contribution in [0.1, 0.15) is 25.2 Å². The van der Waals surface area contributed by atoms with Crippen molar-refractivity contribution in [2.24, 2.45) is 5.92 Å². The molecule has 0 spiro atoms. The fourth-order valence-electron chi connectivity index (χ4n) is 2.07. The van der Waals surface area contributed by atoms with Gasteiger partial charge in [-0.05, 0) is 31.9 Å². The maximum atomic E-state index is 12.1. The van der Waals surface area contributed by atoms with Gasteiger partial charge >= 0.3 is 6.03 Å². The van der Waals surface area contributed by atoms with Crippen molar-refractivity contribution in [1.82, 2.24) is 20.1 Å². The number of aryl methyl sites for hydroxylation is 1. The highest BCUT2D eigenvalue weighted by atomic mass is 16.3. The van der Waals surface area contributed by atoms with Gasteiger partial charge in [0.05, 0.1) is 17.9 Å². The van der Waals surface area contributed by atoms with E-state index in [4.69, 9.17) is 5.11 Å². The number of pyridine rings is 1. The largest absolute Gasteiger partial charge is 0.396 e. The zero-order valence-corrected chi connectivity index (χ0v) is 13.7. The highest BCUT2D eigenvalue weighted by Crippen LogP contribution is 2.12. The van der Waals surface area contributed by atoms with Crippen molar-refractivity contribution in [1.29, 1.82) is 0 Å². The second-order valence-corrected chi connectivity index (χ2v) is 5.70.